The minimum absolute atomic E-state index is 0.319. The molecule has 0 aliphatic carbocycles. The van der Waals surface area contributed by atoms with Gasteiger partial charge in [0.2, 0.25) is 0 Å². The van der Waals surface area contributed by atoms with Crippen LogP contribution in [0.1, 0.15) is 20.1 Å². The number of carboxylic acid groups (broad SMARTS) is 1. The van der Waals surface area contributed by atoms with Crippen molar-refractivity contribution in [3.8, 4) is 0 Å². The van der Waals surface area contributed by atoms with Crippen LogP contribution < -0.4 is 0 Å². The molecule has 100 valence electrons. The Kier molecular flexibility index (Phi) is 7.15. The van der Waals surface area contributed by atoms with Gasteiger partial charge in [-0.2, -0.15) is 0 Å². The molecule has 1 N–H and O–H groups in total. The summed E-state index contributed by atoms with van der Waals surface area (Å²) in [5.74, 6) is -0.913. The Morgan fingerprint density at radius 3 is 2.37 bits per heavy atom. The van der Waals surface area contributed by atoms with Crippen molar-refractivity contribution in [1.29, 1.82) is 0 Å². The number of hydrogen-bond donors (Lipinski definition) is 1. The predicted molar refractivity (Wildman–Crippen MR) is 84.8 cm³/mol. The normalized spacial score (nSPS) is 9.53. The van der Waals surface area contributed by atoms with E-state index in [0.29, 0.717) is 4.88 Å². The summed E-state index contributed by atoms with van der Waals surface area (Å²) in [6.07, 6.45) is 5.23. The van der Waals surface area contributed by atoms with E-state index in [4.69, 9.17) is 5.11 Å². The number of aryl methyl sites for hydroxylation is 1. The number of rotatable bonds is 5. The predicted octanol–water partition coefficient (Wildman–Crippen LogP) is 4.87. The Labute approximate surface area is 118 Å². The minimum atomic E-state index is -0.913. The van der Waals surface area contributed by atoms with E-state index in [1.54, 1.807) is 24.3 Å². The standard InChI is InChI=1S/C14H14O2S.C2H4/c1-5-6-7-9(2)11(4)13-10(3)8-12(17-13)14(15)16;1-2/h5-8H,1-2,4H2,3H3,(H,15,16);1-2H2/b7-6-;. The summed E-state index contributed by atoms with van der Waals surface area (Å²) in [7, 11) is 0. The van der Waals surface area contributed by atoms with Crippen LogP contribution in [-0.2, 0) is 0 Å². The van der Waals surface area contributed by atoms with Crippen molar-refractivity contribution in [3.63, 3.8) is 0 Å². The Balaban J connectivity index is 0.00000154. The molecule has 19 heavy (non-hydrogen) atoms. The van der Waals surface area contributed by atoms with Crippen LogP contribution in [0.25, 0.3) is 5.57 Å². The Morgan fingerprint density at radius 2 is 1.95 bits per heavy atom. The molecule has 2 nitrogen and oxygen atoms in total. The van der Waals surface area contributed by atoms with Crippen molar-refractivity contribution in [2.75, 3.05) is 0 Å². The van der Waals surface area contributed by atoms with E-state index in [2.05, 4.69) is 32.9 Å². The molecular formula is C16H18O2S. The Morgan fingerprint density at radius 1 is 1.37 bits per heavy atom. The molecule has 0 saturated heterocycles. The number of allylic oxidation sites excluding steroid dienone is 5. The maximum Gasteiger partial charge on any atom is 0.345 e. The topological polar surface area (TPSA) is 37.3 Å². The first-order valence-corrected chi connectivity index (χ1v) is 6.30. The van der Waals surface area contributed by atoms with Gasteiger partial charge in [0.05, 0.1) is 0 Å². The van der Waals surface area contributed by atoms with E-state index in [9.17, 15) is 4.79 Å². The number of thiophene rings is 1. The highest BCUT2D eigenvalue weighted by atomic mass is 32.1. The number of hydrogen-bond acceptors (Lipinski definition) is 2. The smallest absolute Gasteiger partial charge is 0.345 e. The van der Waals surface area contributed by atoms with E-state index < -0.39 is 5.97 Å². The molecule has 1 rings (SSSR count). The lowest BCUT2D eigenvalue weighted by molar-refractivity contribution is 0.0702. The van der Waals surface area contributed by atoms with Crippen molar-refractivity contribution in [1.82, 2.24) is 0 Å². The fourth-order valence-corrected chi connectivity index (χ4v) is 2.33. The molecule has 0 aliphatic rings. The molecular weight excluding hydrogens is 256 g/mol. The molecule has 0 bridgehead atoms. The van der Waals surface area contributed by atoms with Crippen molar-refractivity contribution in [2.24, 2.45) is 0 Å². The van der Waals surface area contributed by atoms with Crippen molar-refractivity contribution >= 4 is 22.9 Å². The van der Waals surface area contributed by atoms with E-state index in [-0.39, 0.29) is 0 Å². The summed E-state index contributed by atoms with van der Waals surface area (Å²) in [5.41, 5.74) is 2.41. The highest BCUT2D eigenvalue weighted by Gasteiger charge is 2.13. The van der Waals surface area contributed by atoms with Gasteiger partial charge in [-0.15, -0.1) is 24.5 Å². The second-order valence-electron chi connectivity index (χ2n) is 3.53. The molecule has 1 aromatic heterocycles. The van der Waals surface area contributed by atoms with Gasteiger partial charge in [-0.1, -0.05) is 38.0 Å². The van der Waals surface area contributed by atoms with Gasteiger partial charge in [0, 0.05) is 4.88 Å². The second kappa shape index (κ2) is 8.06. The average Bonchev–Trinajstić information content (AvgIpc) is 2.79. The minimum Gasteiger partial charge on any atom is -0.477 e. The van der Waals surface area contributed by atoms with Gasteiger partial charge in [0.25, 0.3) is 0 Å². The lowest BCUT2D eigenvalue weighted by Crippen LogP contribution is -1.89. The highest BCUT2D eigenvalue weighted by molar-refractivity contribution is 7.15. The molecule has 0 unspecified atom stereocenters. The van der Waals surface area contributed by atoms with Crippen LogP contribution in [0.4, 0.5) is 0 Å². The van der Waals surface area contributed by atoms with E-state index in [0.717, 1.165) is 21.6 Å². The lowest BCUT2D eigenvalue weighted by Gasteiger charge is -2.03. The zero-order valence-electron chi connectivity index (χ0n) is 11.1. The molecule has 1 aromatic rings. The first kappa shape index (κ1) is 16.9. The fraction of sp³-hybridized carbons (Fsp3) is 0.0625. The zero-order chi connectivity index (χ0) is 15.0. The molecule has 0 spiro atoms. The third-order valence-corrected chi connectivity index (χ3v) is 3.51. The largest absolute Gasteiger partial charge is 0.477 e. The number of aromatic carboxylic acids is 1. The summed E-state index contributed by atoms with van der Waals surface area (Å²) in [6.45, 7) is 19.3. The average molecular weight is 274 g/mol. The maximum atomic E-state index is 10.9. The van der Waals surface area contributed by atoms with Crippen molar-refractivity contribution in [3.05, 3.63) is 78.1 Å². The zero-order valence-corrected chi connectivity index (χ0v) is 11.9. The first-order valence-electron chi connectivity index (χ1n) is 5.48. The molecule has 0 amide bonds. The third-order valence-electron chi connectivity index (χ3n) is 2.22. The van der Waals surface area contributed by atoms with Crippen LogP contribution in [0.5, 0.6) is 0 Å². The first-order chi connectivity index (χ1) is 8.97. The molecule has 0 saturated carbocycles. The second-order valence-corrected chi connectivity index (χ2v) is 4.58. The fourth-order valence-electron chi connectivity index (χ4n) is 1.32. The summed E-state index contributed by atoms with van der Waals surface area (Å²) < 4.78 is 0. The van der Waals surface area contributed by atoms with E-state index in [1.165, 1.54) is 11.3 Å². The van der Waals surface area contributed by atoms with E-state index >= 15 is 0 Å². The van der Waals surface area contributed by atoms with Gasteiger partial charge < -0.3 is 5.11 Å². The van der Waals surface area contributed by atoms with Gasteiger partial charge in [0.1, 0.15) is 4.88 Å². The van der Waals surface area contributed by atoms with Crippen molar-refractivity contribution < 1.29 is 9.90 Å². The molecule has 0 radical (unpaired) electrons. The van der Waals surface area contributed by atoms with Crippen LogP contribution in [-0.4, -0.2) is 11.1 Å². The van der Waals surface area contributed by atoms with E-state index in [1.807, 2.05) is 6.92 Å². The van der Waals surface area contributed by atoms with Crippen LogP contribution in [0.2, 0.25) is 0 Å². The number of carbonyl (C=O) groups is 1. The Hall–Kier alpha value is -2.13. The summed E-state index contributed by atoms with van der Waals surface area (Å²) in [6, 6.07) is 1.65. The van der Waals surface area contributed by atoms with Crippen molar-refractivity contribution in [2.45, 2.75) is 6.92 Å². The summed E-state index contributed by atoms with van der Waals surface area (Å²) >= 11 is 1.22. The van der Waals surface area contributed by atoms with Crippen LogP contribution >= 0.6 is 11.3 Å². The monoisotopic (exact) mass is 274 g/mol. The molecule has 0 aliphatic heterocycles. The van der Waals surface area contributed by atoms with Gasteiger partial charge in [0.15, 0.2) is 0 Å². The quantitative estimate of drug-likeness (QED) is 0.614. The third kappa shape index (κ3) is 4.56. The molecule has 1 heterocycles. The van der Waals surface area contributed by atoms with Gasteiger partial charge >= 0.3 is 5.97 Å². The van der Waals surface area contributed by atoms with Crippen LogP contribution in [0.15, 0.2) is 62.8 Å². The summed E-state index contributed by atoms with van der Waals surface area (Å²) in [5, 5.41) is 8.92. The van der Waals surface area contributed by atoms with Gasteiger partial charge in [-0.25, -0.2) is 4.79 Å². The lowest BCUT2D eigenvalue weighted by atomic mass is 10.1. The van der Waals surface area contributed by atoms with Gasteiger partial charge in [-0.3, -0.25) is 0 Å². The maximum absolute atomic E-state index is 10.9. The SMILES string of the molecule is C=C.C=C/C=C\C(=C)C(=C)c1sc(C(=O)O)cc1C. The highest BCUT2D eigenvalue weighted by Crippen LogP contribution is 2.31. The Bertz CT molecular complexity index is 533. The molecule has 0 fully saturated rings. The number of carboxylic acids is 1. The van der Waals surface area contributed by atoms with Gasteiger partial charge in [-0.05, 0) is 29.7 Å². The molecule has 0 aromatic carbocycles. The van der Waals surface area contributed by atoms with Crippen LogP contribution in [0, 0.1) is 6.92 Å². The molecule has 3 heteroatoms. The summed E-state index contributed by atoms with van der Waals surface area (Å²) in [4.78, 5) is 12.0. The molecule has 0 atom stereocenters. The van der Waals surface area contributed by atoms with Crippen LogP contribution in [0.3, 0.4) is 0 Å².